The molecule has 0 bridgehead atoms. The van der Waals surface area contributed by atoms with E-state index in [0.717, 1.165) is 0 Å². The molecule has 0 aliphatic heterocycles. The van der Waals surface area contributed by atoms with Crippen LogP contribution >= 0.6 is 0 Å². The van der Waals surface area contributed by atoms with E-state index >= 15 is 0 Å². The Kier molecular flexibility index (Phi) is 4.77. The van der Waals surface area contributed by atoms with E-state index in [-0.39, 0.29) is 6.42 Å². The lowest BCUT2D eigenvalue weighted by atomic mass is 9.96. The molecule has 72 valence electrons. The maximum absolute atomic E-state index is 12.3. The van der Waals surface area contributed by atoms with Gasteiger partial charge in [0.2, 0.25) is 0 Å². The molecule has 0 saturated carbocycles. The highest BCUT2D eigenvalue weighted by Crippen LogP contribution is 2.11. The van der Waals surface area contributed by atoms with Crippen LogP contribution in [0.2, 0.25) is 0 Å². The third-order valence-electron chi connectivity index (χ3n) is 1.66. The van der Waals surface area contributed by atoms with Gasteiger partial charge in [-0.3, -0.25) is 0 Å². The average molecular weight is 178 g/mol. The van der Waals surface area contributed by atoms with Crippen molar-refractivity contribution in [1.29, 1.82) is 0 Å². The second-order valence-corrected chi connectivity index (χ2v) is 2.67. The first-order valence-corrected chi connectivity index (χ1v) is 3.74. The molecule has 4 nitrogen and oxygen atoms in total. The van der Waals surface area contributed by atoms with E-state index in [9.17, 15) is 9.18 Å². The van der Waals surface area contributed by atoms with Crippen LogP contribution in [-0.4, -0.2) is 31.8 Å². The minimum Gasteiger partial charge on any atom is -0.468 e. The van der Waals surface area contributed by atoms with Crippen LogP contribution in [0.25, 0.3) is 0 Å². The highest BCUT2D eigenvalue weighted by atomic mass is 19.1. The minimum atomic E-state index is -1.51. The van der Waals surface area contributed by atoms with Crippen LogP contribution in [-0.2, 0) is 9.53 Å². The summed E-state index contributed by atoms with van der Waals surface area (Å²) < 4.78 is 16.7. The number of carbonyl (C=O) groups excluding carboxylic acids is 1. The molecule has 5 heteroatoms. The van der Waals surface area contributed by atoms with Crippen molar-refractivity contribution < 1.29 is 13.9 Å². The summed E-state index contributed by atoms with van der Waals surface area (Å²) in [5, 5.41) is 0. The van der Waals surface area contributed by atoms with Crippen molar-refractivity contribution in [3.8, 4) is 0 Å². The Bertz CT molecular complexity index is 154. The van der Waals surface area contributed by atoms with Gasteiger partial charge in [0.05, 0.1) is 7.11 Å². The van der Waals surface area contributed by atoms with Gasteiger partial charge in [-0.1, -0.05) is 0 Å². The van der Waals surface area contributed by atoms with E-state index in [1.807, 2.05) is 0 Å². The molecule has 0 aromatic heterocycles. The molecule has 0 radical (unpaired) electrons. The summed E-state index contributed by atoms with van der Waals surface area (Å²) in [5.41, 5.74) is 9.13. The lowest BCUT2D eigenvalue weighted by molar-refractivity contribution is -0.148. The molecule has 0 heterocycles. The zero-order valence-corrected chi connectivity index (χ0v) is 7.18. The summed E-state index contributed by atoms with van der Waals surface area (Å²) >= 11 is 0. The molecule has 0 unspecified atom stereocenters. The molecule has 12 heavy (non-hydrogen) atoms. The van der Waals surface area contributed by atoms with Gasteiger partial charge in [-0.2, -0.15) is 0 Å². The number of hydrogen-bond donors (Lipinski definition) is 2. The van der Waals surface area contributed by atoms with Crippen molar-refractivity contribution in [2.75, 3.05) is 20.3 Å². The highest BCUT2D eigenvalue weighted by molar-refractivity contribution is 5.80. The number of ether oxygens (including phenoxy) is 1. The van der Waals surface area contributed by atoms with Gasteiger partial charge in [0, 0.05) is 0 Å². The topological polar surface area (TPSA) is 78.3 Å². The van der Waals surface area contributed by atoms with E-state index in [4.69, 9.17) is 11.5 Å². The molecule has 0 aliphatic rings. The second kappa shape index (κ2) is 5.05. The normalized spacial score (nSPS) is 15.3. The molecule has 0 aliphatic carbocycles. The molecule has 4 N–H and O–H groups in total. The van der Waals surface area contributed by atoms with Gasteiger partial charge in [-0.15, -0.1) is 0 Å². The maximum atomic E-state index is 12.3. The van der Waals surface area contributed by atoms with Crippen LogP contribution in [0.4, 0.5) is 4.39 Å². The predicted molar refractivity (Wildman–Crippen MR) is 43.2 cm³/mol. The lowest BCUT2D eigenvalue weighted by Gasteiger charge is -2.22. The van der Waals surface area contributed by atoms with Gasteiger partial charge in [0.25, 0.3) is 0 Å². The summed E-state index contributed by atoms with van der Waals surface area (Å²) in [6.45, 7) is -0.532. The average Bonchev–Trinajstić information content (AvgIpc) is 2.12. The molecule has 0 aromatic carbocycles. The third kappa shape index (κ3) is 2.75. The molecule has 1 atom stereocenters. The van der Waals surface area contributed by atoms with E-state index in [1.165, 1.54) is 7.11 Å². The van der Waals surface area contributed by atoms with Crippen LogP contribution in [0, 0.1) is 0 Å². The number of alkyl halides is 1. The standard InChI is InChI=1S/C7H15FN2O2/c1-12-6(11)7(10,5-8)3-2-4-9/h2-5,9-10H2,1H3/t7-/m0/s1. The summed E-state index contributed by atoms with van der Waals surface area (Å²) in [4.78, 5) is 10.9. The number of halogens is 1. The van der Waals surface area contributed by atoms with E-state index in [0.29, 0.717) is 13.0 Å². The first-order chi connectivity index (χ1) is 5.60. The van der Waals surface area contributed by atoms with Gasteiger partial charge in [0.1, 0.15) is 12.2 Å². The van der Waals surface area contributed by atoms with E-state index in [2.05, 4.69) is 4.74 Å². The minimum absolute atomic E-state index is 0.215. The van der Waals surface area contributed by atoms with E-state index in [1.54, 1.807) is 0 Å². The zero-order valence-electron chi connectivity index (χ0n) is 7.18. The maximum Gasteiger partial charge on any atom is 0.328 e. The number of carbonyl (C=O) groups is 1. The van der Waals surface area contributed by atoms with Crippen molar-refractivity contribution in [3.63, 3.8) is 0 Å². The van der Waals surface area contributed by atoms with Crippen LogP contribution in [0.3, 0.4) is 0 Å². The molecule has 0 rings (SSSR count). The van der Waals surface area contributed by atoms with Crippen LogP contribution in [0.1, 0.15) is 12.8 Å². The van der Waals surface area contributed by atoms with Crippen molar-refractivity contribution in [2.24, 2.45) is 11.5 Å². The Morgan fingerprint density at radius 2 is 2.25 bits per heavy atom. The monoisotopic (exact) mass is 178 g/mol. The Balaban J connectivity index is 4.13. The van der Waals surface area contributed by atoms with Crippen LogP contribution in [0.5, 0.6) is 0 Å². The quantitative estimate of drug-likeness (QED) is 0.560. The first kappa shape index (κ1) is 11.3. The summed E-state index contributed by atoms with van der Waals surface area (Å²) in [5.74, 6) is -0.724. The van der Waals surface area contributed by atoms with Crippen molar-refractivity contribution in [1.82, 2.24) is 0 Å². The molecule has 0 saturated heterocycles. The molecular weight excluding hydrogens is 163 g/mol. The number of esters is 1. The predicted octanol–water partition coefficient (Wildman–Crippen LogP) is -0.435. The molecular formula is C7H15FN2O2. The fourth-order valence-corrected chi connectivity index (χ4v) is 0.844. The van der Waals surface area contributed by atoms with Gasteiger partial charge >= 0.3 is 5.97 Å². The fourth-order valence-electron chi connectivity index (χ4n) is 0.844. The number of rotatable bonds is 5. The van der Waals surface area contributed by atoms with Gasteiger partial charge in [0.15, 0.2) is 0 Å². The van der Waals surface area contributed by atoms with Crippen LogP contribution in [0.15, 0.2) is 0 Å². The van der Waals surface area contributed by atoms with Gasteiger partial charge in [-0.25, -0.2) is 9.18 Å². The Hall–Kier alpha value is -0.680. The van der Waals surface area contributed by atoms with Crippen molar-refractivity contribution in [2.45, 2.75) is 18.4 Å². The summed E-state index contributed by atoms with van der Waals surface area (Å²) in [6.07, 6.45) is 0.724. The zero-order chi connectivity index (χ0) is 9.61. The smallest absolute Gasteiger partial charge is 0.328 e. The van der Waals surface area contributed by atoms with Gasteiger partial charge in [-0.05, 0) is 19.4 Å². The summed E-state index contributed by atoms with van der Waals surface area (Å²) in [6, 6.07) is 0. The second-order valence-electron chi connectivity index (χ2n) is 2.67. The molecule has 0 amide bonds. The van der Waals surface area contributed by atoms with Gasteiger partial charge < -0.3 is 16.2 Å². The molecule has 0 aromatic rings. The fraction of sp³-hybridized carbons (Fsp3) is 0.857. The third-order valence-corrected chi connectivity index (χ3v) is 1.66. The molecule has 0 fully saturated rings. The molecule has 0 spiro atoms. The Morgan fingerprint density at radius 3 is 2.58 bits per heavy atom. The number of nitrogens with two attached hydrogens (primary N) is 2. The highest BCUT2D eigenvalue weighted by Gasteiger charge is 2.34. The number of methoxy groups -OCH3 is 1. The van der Waals surface area contributed by atoms with Crippen molar-refractivity contribution in [3.05, 3.63) is 0 Å². The SMILES string of the molecule is COC(=O)[C@@](N)(CF)CCCN. The number of hydrogen-bond acceptors (Lipinski definition) is 4. The van der Waals surface area contributed by atoms with E-state index < -0.39 is 18.2 Å². The van der Waals surface area contributed by atoms with Crippen LogP contribution < -0.4 is 11.5 Å². The first-order valence-electron chi connectivity index (χ1n) is 3.74. The lowest BCUT2D eigenvalue weighted by Crippen LogP contribution is -2.51. The Morgan fingerprint density at radius 1 is 1.67 bits per heavy atom. The summed E-state index contributed by atoms with van der Waals surface area (Å²) in [7, 11) is 1.18. The largest absolute Gasteiger partial charge is 0.468 e. The Labute approximate surface area is 71.0 Å². The van der Waals surface area contributed by atoms with Crippen molar-refractivity contribution >= 4 is 5.97 Å².